The van der Waals surface area contributed by atoms with Crippen LogP contribution in [0.25, 0.3) is 0 Å². The number of phenols is 1. The highest BCUT2D eigenvalue weighted by molar-refractivity contribution is 5.97. The molecule has 2 heterocycles. The highest BCUT2D eigenvalue weighted by Gasteiger charge is 2.41. The zero-order valence-electron chi connectivity index (χ0n) is 36.1. The molecule has 1 saturated heterocycles. The second-order valence-electron chi connectivity index (χ2n) is 17.5. The van der Waals surface area contributed by atoms with E-state index in [-0.39, 0.29) is 37.0 Å². The van der Waals surface area contributed by atoms with Crippen molar-refractivity contribution in [2.75, 3.05) is 13.1 Å². The number of amides is 4. The van der Waals surface area contributed by atoms with Crippen LogP contribution in [0.5, 0.6) is 5.75 Å². The molecule has 2 aliphatic heterocycles. The molecule has 1 aromatic rings. The molecule has 0 radical (unpaired) electrons. The first-order valence-electron chi connectivity index (χ1n) is 21.9. The number of carbonyl (C=O) groups is 6. The molecule has 7 atom stereocenters. The fraction of sp³-hybridized carbons (Fsp3) is 0.689. The Morgan fingerprint density at radius 2 is 1.75 bits per heavy atom. The van der Waals surface area contributed by atoms with Crippen LogP contribution in [0.2, 0.25) is 0 Å². The summed E-state index contributed by atoms with van der Waals surface area (Å²) >= 11 is 0. The summed E-state index contributed by atoms with van der Waals surface area (Å²) in [4.78, 5) is 83.9. The lowest BCUT2D eigenvalue weighted by Crippen LogP contribution is -2.60. The Bertz CT molecular complexity index is 1610. The first kappa shape index (κ1) is 49.1. The number of aromatic hydroxyl groups is 1. The third-order valence-electron chi connectivity index (χ3n) is 11.9. The van der Waals surface area contributed by atoms with Gasteiger partial charge in [-0.2, -0.15) is 0 Å². The maximum atomic E-state index is 14.4. The first-order chi connectivity index (χ1) is 28.0. The SMILES string of the molecule is CCC(C)[C@H](NC(=O)[C@H]1Cc2ccc(O)c(c2)CC=CCCCCCC[C@](C)(N)C(=O)N[C@@H](CCCCN)C(=O)N2CCC[C@H]2C(=O)N1)C(=O)C[C@@H](CC(C)C)C(=O)O. The van der Waals surface area contributed by atoms with Crippen LogP contribution in [0.3, 0.4) is 0 Å². The van der Waals surface area contributed by atoms with Crippen LogP contribution in [0, 0.1) is 17.8 Å². The van der Waals surface area contributed by atoms with Gasteiger partial charge >= 0.3 is 5.97 Å². The number of hydrogen-bond acceptors (Lipinski definition) is 9. The van der Waals surface area contributed by atoms with Gasteiger partial charge in [-0.3, -0.25) is 28.8 Å². The van der Waals surface area contributed by atoms with E-state index in [1.165, 1.54) is 4.90 Å². The molecule has 0 aliphatic carbocycles. The molecule has 1 unspecified atom stereocenters. The van der Waals surface area contributed by atoms with Gasteiger partial charge in [-0.05, 0) is 107 Å². The van der Waals surface area contributed by atoms with Crippen molar-refractivity contribution in [3.8, 4) is 5.75 Å². The van der Waals surface area contributed by atoms with Gasteiger partial charge in [0, 0.05) is 19.4 Å². The quantitative estimate of drug-likeness (QED) is 0.103. The van der Waals surface area contributed by atoms with Gasteiger partial charge in [0.15, 0.2) is 5.78 Å². The third-order valence-corrected chi connectivity index (χ3v) is 11.9. The molecule has 14 nitrogen and oxygen atoms in total. The number of carboxylic acid groups (broad SMARTS) is 1. The number of unbranched alkanes of at least 4 members (excludes halogenated alkanes) is 1. The van der Waals surface area contributed by atoms with E-state index in [1.807, 2.05) is 33.8 Å². The Morgan fingerprint density at radius 3 is 2.42 bits per heavy atom. The average molecular weight is 825 g/mol. The minimum Gasteiger partial charge on any atom is -0.508 e. The Balaban J connectivity index is 2.02. The molecule has 330 valence electrons. The van der Waals surface area contributed by atoms with Crippen LogP contribution >= 0.6 is 0 Å². The number of benzene rings is 1. The molecule has 9 N–H and O–H groups in total. The van der Waals surface area contributed by atoms with Crippen molar-refractivity contribution < 1.29 is 39.0 Å². The number of carboxylic acids is 1. The number of Topliss-reactive ketones (excluding diaryl/α,β-unsaturated/α-hetero) is 1. The van der Waals surface area contributed by atoms with E-state index in [2.05, 4.69) is 22.0 Å². The molecule has 0 saturated carbocycles. The van der Waals surface area contributed by atoms with Crippen molar-refractivity contribution in [3.63, 3.8) is 0 Å². The van der Waals surface area contributed by atoms with Crippen molar-refractivity contribution in [3.05, 3.63) is 41.5 Å². The molecule has 14 heteroatoms. The van der Waals surface area contributed by atoms with Crippen LogP contribution in [0.1, 0.15) is 136 Å². The largest absolute Gasteiger partial charge is 0.508 e. The molecule has 1 fully saturated rings. The van der Waals surface area contributed by atoms with Gasteiger partial charge in [-0.15, -0.1) is 0 Å². The van der Waals surface area contributed by atoms with E-state index in [4.69, 9.17) is 11.5 Å². The van der Waals surface area contributed by atoms with Crippen molar-refractivity contribution >= 4 is 35.4 Å². The van der Waals surface area contributed by atoms with E-state index in [9.17, 15) is 39.0 Å². The van der Waals surface area contributed by atoms with E-state index in [0.717, 1.165) is 32.1 Å². The number of nitrogens with one attached hydrogen (secondary N) is 3. The van der Waals surface area contributed by atoms with Crippen molar-refractivity contribution in [2.24, 2.45) is 29.2 Å². The maximum absolute atomic E-state index is 14.4. The summed E-state index contributed by atoms with van der Waals surface area (Å²) in [6.07, 6.45) is 12.3. The van der Waals surface area contributed by atoms with E-state index >= 15 is 0 Å². The molecule has 4 amide bonds. The van der Waals surface area contributed by atoms with E-state index < -0.39 is 71.0 Å². The van der Waals surface area contributed by atoms with Gasteiger partial charge in [0.05, 0.1) is 17.5 Å². The topological polar surface area (TPSA) is 234 Å². The lowest BCUT2D eigenvalue weighted by atomic mass is 9.86. The molecule has 0 spiro atoms. The second kappa shape index (κ2) is 24.1. The Kier molecular flexibility index (Phi) is 20.0. The molecule has 2 bridgehead atoms. The summed E-state index contributed by atoms with van der Waals surface area (Å²) in [5.74, 6) is -4.60. The molecule has 1 aromatic carbocycles. The van der Waals surface area contributed by atoms with Crippen LogP contribution in [-0.4, -0.2) is 93.3 Å². The smallest absolute Gasteiger partial charge is 0.306 e. The molecule has 59 heavy (non-hydrogen) atoms. The Hall–Kier alpha value is -4.30. The molecule has 2 aliphatic rings. The van der Waals surface area contributed by atoms with Crippen molar-refractivity contribution in [2.45, 2.75) is 167 Å². The molecule has 0 aromatic heterocycles. The van der Waals surface area contributed by atoms with Crippen LogP contribution in [-0.2, 0) is 41.6 Å². The minimum absolute atomic E-state index is 0.00854. The highest BCUT2D eigenvalue weighted by Crippen LogP contribution is 2.25. The normalized spacial score (nSPS) is 24.4. The number of carbonyl (C=O) groups excluding carboxylic acids is 5. The number of nitrogens with two attached hydrogens (primary N) is 2. The van der Waals surface area contributed by atoms with Crippen molar-refractivity contribution in [1.82, 2.24) is 20.9 Å². The monoisotopic (exact) mass is 825 g/mol. The number of nitrogens with zero attached hydrogens (tertiary/aromatic N) is 1. The standard InChI is InChI=1S/C45H72N6O8/c1-6-30(4)39(38(53)28-33(43(57)58)25-29(2)3)50-40(54)35-27-31-20-21-37(52)32(26-31)17-12-10-8-7-9-11-14-22-45(5,47)44(59)49-34(18-13-15-23-46)42(56)51-24-16-19-36(51)41(55)48-35/h10,12,20-21,26,29-30,33-36,39,52H,6-9,11,13-19,22-25,27-28,46-47H2,1-5H3,(H,48,55)(H,49,59)(H,50,54)(H,57,58)/t30?,33-,34+,35-,36+,39+,45+/m1/s1. The number of rotatable bonds is 14. The van der Waals surface area contributed by atoms with Gasteiger partial charge in [0.25, 0.3) is 0 Å². The minimum atomic E-state index is -1.21. The Labute approximate surface area is 351 Å². The molecular formula is C45H72N6O8. The van der Waals surface area contributed by atoms with Gasteiger partial charge in [-0.25, -0.2) is 0 Å². The maximum Gasteiger partial charge on any atom is 0.306 e. The predicted octanol–water partition coefficient (Wildman–Crippen LogP) is 4.43. The lowest BCUT2D eigenvalue weighted by Gasteiger charge is -2.32. The Morgan fingerprint density at radius 1 is 1.02 bits per heavy atom. The highest BCUT2D eigenvalue weighted by atomic mass is 16.4. The summed E-state index contributed by atoms with van der Waals surface area (Å²) in [5.41, 5.74) is 12.4. The fourth-order valence-corrected chi connectivity index (χ4v) is 8.01. The number of ketones is 1. The fourth-order valence-electron chi connectivity index (χ4n) is 8.01. The third kappa shape index (κ3) is 15.3. The average Bonchev–Trinajstić information content (AvgIpc) is 3.68. The number of fused-ring (bicyclic) bond motifs is 3. The summed E-state index contributed by atoms with van der Waals surface area (Å²) in [7, 11) is 0. The molecular weight excluding hydrogens is 753 g/mol. The molecule has 3 rings (SSSR count). The van der Waals surface area contributed by atoms with Crippen LogP contribution in [0.15, 0.2) is 30.4 Å². The summed E-state index contributed by atoms with van der Waals surface area (Å²) in [6, 6.07) is 0.975. The summed E-state index contributed by atoms with van der Waals surface area (Å²) in [6.45, 7) is 9.84. The number of allylic oxidation sites excluding steroid dienone is 2. The first-order valence-corrected chi connectivity index (χ1v) is 21.9. The zero-order chi connectivity index (χ0) is 43.7. The van der Waals surface area contributed by atoms with Crippen LogP contribution in [0.4, 0.5) is 0 Å². The van der Waals surface area contributed by atoms with Crippen LogP contribution < -0.4 is 27.4 Å². The van der Waals surface area contributed by atoms with Gasteiger partial charge in [-0.1, -0.05) is 77.7 Å². The van der Waals surface area contributed by atoms with Crippen molar-refractivity contribution in [1.29, 1.82) is 0 Å². The number of aliphatic carboxylic acids is 1. The van der Waals surface area contributed by atoms with Gasteiger partial charge in [0.1, 0.15) is 23.9 Å². The second-order valence-corrected chi connectivity index (χ2v) is 17.5. The predicted molar refractivity (Wildman–Crippen MR) is 228 cm³/mol. The summed E-state index contributed by atoms with van der Waals surface area (Å²) < 4.78 is 0. The van der Waals surface area contributed by atoms with Gasteiger partial charge < -0.3 is 42.5 Å². The number of hydrogen-bond donors (Lipinski definition) is 7. The number of phenolic OH excluding ortho intramolecular Hbond substituents is 1. The zero-order valence-corrected chi connectivity index (χ0v) is 36.1. The van der Waals surface area contributed by atoms with Gasteiger partial charge in [0.2, 0.25) is 23.6 Å². The van der Waals surface area contributed by atoms with E-state index in [1.54, 1.807) is 25.1 Å². The van der Waals surface area contributed by atoms with E-state index in [0.29, 0.717) is 75.5 Å². The summed E-state index contributed by atoms with van der Waals surface area (Å²) in [5, 5.41) is 29.3. The lowest BCUT2D eigenvalue weighted by molar-refractivity contribution is -0.145.